The number of ether oxygens (including phenoxy) is 1. The van der Waals surface area contributed by atoms with Crippen LogP contribution in [0.5, 0.6) is 5.75 Å². The van der Waals surface area contributed by atoms with Crippen molar-refractivity contribution in [2.24, 2.45) is 0 Å². The first-order valence-electron chi connectivity index (χ1n) is 11.0. The second-order valence-electron chi connectivity index (χ2n) is 8.10. The van der Waals surface area contributed by atoms with E-state index in [0.717, 1.165) is 37.7 Å². The van der Waals surface area contributed by atoms with Crippen LogP contribution in [-0.2, 0) is 22.6 Å². The van der Waals surface area contributed by atoms with Crippen LogP contribution < -0.4 is 10.1 Å². The van der Waals surface area contributed by atoms with Gasteiger partial charge in [-0.1, -0.05) is 44.0 Å². The van der Waals surface area contributed by atoms with Crippen LogP contribution in [0.1, 0.15) is 50.7 Å². The number of rotatable bonds is 9. The standard InChI is InChI=1S/C25H31FN2O3/c1-3-19-10-14-23(15-11-19)31-17-24(29)28(16-20-8-12-21(26)13-9-20)18(2)25(30)27-22-6-4-5-7-22/h8-15,18,22H,3-7,16-17H2,1-2H3,(H,27,30)/t18-/m1/s1. The molecule has 0 spiro atoms. The van der Waals surface area contributed by atoms with Crippen molar-refractivity contribution >= 4 is 11.8 Å². The Bertz CT molecular complexity index is 861. The first-order valence-corrected chi connectivity index (χ1v) is 11.0. The summed E-state index contributed by atoms with van der Waals surface area (Å²) in [6, 6.07) is 13.1. The van der Waals surface area contributed by atoms with Crippen molar-refractivity contribution in [2.45, 2.75) is 64.6 Å². The molecule has 1 atom stereocenters. The number of amides is 2. The van der Waals surface area contributed by atoms with Crippen molar-refractivity contribution in [3.05, 3.63) is 65.5 Å². The molecule has 2 amide bonds. The van der Waals surface area contributed by atoms with Crippen molar-refractivity contribution in [3.8, 4) is 5.75 Å². The fourth-order valence-electron chi connectivity index (χ4n) is 3.81. The van der Waals surface area contributed by atoms with E-state index in [4.69, 9.17) is 4.74 Å². The molecule has 6 heteroatoms. The highest BCUT2D eigenvalue weighted by Crippen LogP contribution is 2.19. The van der Waals surface area contributed by atoms with Crippen molar-refractivity contribution < 1.29 is 18.7 Å². The number of carbonyl (C=O) groups excluding carboxylic acids is 2. The third kappa shape index (κ3) is 6.54. The Hall–Kier alpha value is -2.89. The highest BCUT2D eigenvalue weighted by molar-refractivity contribution is 5.88. The maximum absolute atomic E-state index is 13.3. The molecule has 3 rings (SSSR count). The molecule has 1 aliphatic rings. The highest BCUT2D eigenvalue weighted by atomic mass is 19.1. The lowest BCUT2D eigenvalue weighted by Crippen LogP contribution is -2.50. The molecule has 166 valence electrons. The monoisotopic (exact) mass is 426 g/mol. The third-order valence-electron chi connectivity index (χ3n) is 5.83. The molecule has 2 aromatic rings. The van der Waals surface area contributed by atoms with Gasteiger partial charge in [-0.25, -0.2) is 4.39 Å². The van der Waals surface area contributed by atoms with E-state index in [-0.39, 0.29) is 36.8 Å². The van der Waals surface area contributed by atoms with Crippen molar-refractivity contribution in [3.63, 3.8) is 0 Å². The number of benzene rings is 2. The molecule has 0 bridgehead atoms. The van der Waals surface area contributed by atoms with Gasteiger partial charge < -0.3 is 15.0 Å². The van der Waals surface area contributed by atoms with Crippen molar-refractivity contribution in [1.29, 1.82) is 0 Å². The average molecular weight is 427 g/mol. The molecule has 5 nitrogen and oxygen atoms in total. The lowest BCUT2D eigenvalue weighted by molar-refractivity contribution is -0.142. The zero-order chi connectivity index (χ0) is 22.2. The zero-order valence-electron chi connectivity index (χ0n) is 18.3. The van der Waals surface area contributed by atoms with E-state index in [1.165, 1.54) is 22.6 Å². The summed E-state index contributed by atoms with van der Waals surface area (Å²) in [6.07, 6.45) is 5.10. The summed E-state index contributed by atoms with van der Waals surface area (Å²) in [5.74, 6) is -0.199. The topological polar surface area (TPSA) is 58.6 Å². The smallest absolute Gasteiger partial charge is 0.261 e. The van der Waals surface area contributed by atoms with Crippen LogP contribution >= 0.6 is 0 Å². The Morgan fingerprint density at radius 2 is 1.68 bits per heavy atom. The molecule has 1 N–H and O–H groups in total. The van der Waals surface area contributed by atoms with E-state index in [2.05, 4.69) is 12.2 Å². The first kappa shape index (κ1) is 22.8. The SMILES string of the molecule is CCc1ccc(OCC(=O)N(Cc2ccc(F)cc2)[C@H](C)C(=O)NC2CCCC2)cc1. The number of nitrogens with one attached hydrogen (secondary N) is 1. The van der Waals surface area contributed by atoms with E-state index in [9.17, 15) is 14.0 Å². The number of halogens is 1. The van der Waals surface area contributed by atoms with Gasteiger partial charge in [0.05, 0.1) is 0 Å². The molecular formula is C25H31FN2O3. The highest BCUT2D eigenvalue weighted by Gasteiger charge is 2.28. The summed E-state index contributed by atoms with van der Waals surface area (Å²) in [6.45, 7) is 3.83. The van der Waals surface area contributed by atoms with Crippen LogP contribution in [0, 0.1) is 5.82 Å². The fraction of sp³-hybridized carbons (Fsp3) is 0.440. The minimum Gasteiger partial charge on any atom is -0.484 e. The van der Waals surface area contributed by atoms with Gasteiger partial charge >= 0.3 is 0 Å². The molecule has 0 heterocycles. The molecule has 2 aromatic carbocycles. The van der Waals surface area contributed by atoms with E-state index < -0.39 is 6.04 Å². The van der Waals surface area contributed by atoms with Gasteiger partial charge in [0.1, 0.15) is 17.6 Å². The maximum Gasteiger partial charge on any atom is 0.261 e. The number of aryl methyl sites for hydroxylation is 1. The molecule has 1 fully saturated rings. The average Bonchev–Trinajstić information content (AvgIpc) is 3.30. The van der Waals surface area contributed by atoms with Crippen LogP contribution in [0.15, 0.2) is 48.5 Å². The Labute approximate surface area is 183 Å². The minimum absolute atomic E-state index is 0.172. The Kier molecular flexibility index (Phi) is 8.04. The lowest BCUT2D eigenvalue weighted by atomic mass is 10.1. The Morgan fingerprint density at radius 3 is 2.29 bits per heavy atom. The summed E-state index contributed by atoms with van der Waals surface area (Å²) < 4.78 is 19.0. The van der Waals surface area contributed by atoms with Gasteiger partial charge in [0, 0.05) is 12.6 Å². The normalized spacial score (nSPS) is 14.8. The zero-order valence-corrected chi connectivity index (χ0v) is 18.3. The number of hydrogen-bond donors (Lipinski definition) is 1. The van der Waals surface area contributed by atoms with Gasteiger partial charge in [0.2, 0.25) is 5.91 Å². The van der Waals surface area contributed by atoms with Crippen LogP contribution in [0.25, 0.3) is 0 Å². The second-order valence-corrected chi connectivity index (χ2v) is 8.10. The number of hydrogen-bond acceptors (Lipinski definition) is 3. The largest absolute Gasteiger partial charge is 0.484 e. The van der Waals surface area contributed by atoms with Gasteiger partial charge in [0.15, 0.2) is 6.61 Å². The van der Waals surface area contributed by atoms with Gasteiger partial charge in [-0.05, 0) is 61.6 Å². The fourth-order valence-corrected chi connectivity index (χ4v) is 3.81. The van der Waals surface area contributed by atoms with Crippen LogP contribution in [0.4, 0.5) is 4.39 Å². The van der Waals surface area contributed by atoms with Crippen molar-refractivity contribution in [1.82, 2.24) is 10.2 Å². The van der Waals surface area contributed by atoms with Gasteiger partial charge in [-0.2, -0.15) is 0 Å². The quantitative estimate of drug-likeness (QED) is 0.652. The number of nitrogens with zero attached hydrogens (tertiary/aromatic N) is 1. The number of carbonyl (C=O) groups is 2. The second kappa shape index (κ2) is 10.9. The summed E-state index contributed by atoms with van der Waals surface area (Å²) in [4.78, 5) is 27.4. The van der Waals surface area contributed by atoms with Gasteiger partial charge in [0.25, 0.3) is 5.91 Å². The molecule has 0 aliphatic heterocycles. The van der Waals surface area contributed by atoms with E-state index in [0.29, 0.717) is 5.75 Å². The lowest BCUT2D eigenvalue weighted by Gasteiger charge is -2.29. The molecule has 0 unspecified atom stereocenters. The molecule has 1 aliphatic carbocycles. The molecule has 31 heavy (non-hydrogen) atoms. The van der Waals surface area contributed by atoms with Crippen LogP contribution in [-0.4, -0.2) is 35.4 Å². The summed E-state index contributed by atoms with van der Waals surface area (Å²) in [5.41, 5.74) is 1.94. The Balaban J connectivity index is 1.68. The van der Waals surface area contributed by atoms with Gasteiger partial charge in [-0.3, -0.25) is 9.59 Å². The van der Waals surface area contributed by atoms with E-state index in [1.54, 1.807) is 19.1 Å². The molecule has 0 aromatic heterocycles. The van der Waals surface area contributed by atoms with E-state index in [1.807, 2.05) is 24.3 Å². The maximum atomic E-state index is 13.3. The first-order chi connectivity index (χ1) is 15.0. The summed E-state index contributed by atoms with van der Waals surface area (Å²) >= 11 is 0. The molecule has 1 saturated carbocycles. The summed E-state index contributed by atoms with van der Waals surface area (Å²) in [5, 5.41) is 3.06. The molecule has 0 saturated heterocycles. The summed E-state index contributed by atoms with van der Waals surface area (Å²) in [7, 11) is 0. The third-order valence-corrected chi connectivity index (χ3v) is 5.83. The van der Waals surface area contributed by atoms with Crippen LogP contribution in [0.2, 0.25) is 0 Å². The van der Waals surface area contributed by atoms with Gasteiger partial charge in [-0.15, -0.1) is 0 Å². The minimum atomic E-state index is -0.663. The Morgan fingerprint density at radius 1 is 1.06 bits per heavy atom. The molecule has 0 radical (unpaired) electrons. The predicted octanol–water partition coefficient (Wildman–Crippen LogP) is 4.24. The van der Waals surface area contributed by atoms with E-state index >= 15 is 0 Å². The van der Waals surface area contributed by atoms with Crippen molar-refractivity contribution in [2.75, 3.05) is 6.61 Å². The predicted molar refractivity (Wildman–Crippen MR) is 118 cm³/mol. The van der Waals surface area contributed by atoms with Crippen LogP contribution in [0.3, 0.4) is 0 Å². The molecular weight excluding hydrogens is 395 g/mol.